The largest absolute Gasteiger partial charge is 0.386 e. The van der Waals surface area contributed by atoms with E-state index in [1.54, 1.807) is 0 Å². The molecule has 0 spiro atoms. The number of rotatable bonds is 4. The fourth-order valence-corrected chi connectivity index (χ4v) is 0.346. The van der Waals surface area contributed by atoms with Crippen LogP contribution in [0.4, 0.5) is 0 Å². The second kappa shape index (κ2) is 5.04. The lowest BCUT2D eigenvalue weighted by molar-refractivity contribution is -0.107. The molecule has 0 saturated heterocycles. The lowest BCUT2D eigenvalue weighted by Crippen LogP contribution is -2.22. The van der Waals surface area contributed by atoms with E-state index in [-0.39, 0.29) is 0 Å². The molecular formula is C4H10N4O. The predicted molar refractivity (Wildman–Crippen MR) is 34.2 cm³/mol. The zero-order valence-corrected chi connectivity index (χ0v) is 5.00. The van der Waals surface area contributed by atoms with Gasteiger partial charge in [-0.2, -0.15) is 5.10 Å². The van der Waals surface area contributed by atoms with Gasteiger partial charge in [0.15, 0.2) is 0 Å². The Morgan fingerprint density at radius 1 is 1.78 bits per heavy atom. The summed E-state index contributed by atoms with van der Waals surface area (Å²) in [5.41, 5.74) is 7.24. The molecule has 0 atom stereocenters. The van der Waals surface area contributed by atoms with Crippen molar-refractivity contribution >= 4 is 12.1 Å². The number of nitrogens with two attached hydrogens (primary N) is 2. The topological polar surface area (TPSA) is 93.5 Å². The van der Waals surface area contributed by atoms with E-state index in [0.29, 0.717) is 18.7 Å². The van der Waals surface area contributed by atoms with E-state index < -0.39 is 0 Å². The number of amidine groups is 1. The lowest BCUT2D eigenvalue weighted by Gasteiger charge is -1.93. The molecule has 0 fully saturated rings. The smallest absolute Gasteiger partial charge is 0.121 e. The first-order chi connectivity index (χ1) is 4.31. The average molecular weight is 130 g/mol. The summed E-state index contributed by atoms with van der Waals surface area (Å²) in [5.74, 6) is 5.13. The highest BCUT2D eigenvalue weighted by Crippen LogP contribution is 1.81. The van der Waals surface area contributed by atoms with Crippen LogP contribution in [-0.2, 0) is 4.79 Å². The van der Waals surface area contributed by atoms with Crippen molar-refractivity contribution < 1.29 is 4.79 Å². The summed E-state index contributed by atoms with van der Waals surface area (Å²) in [6.07, 6.45) is 1.61. The maximum Gasteiger partial charge on any atom is 0.121 e. The molecule has 0 saturated carbocycles. The molecule has 0 aliphatic heterocycles. The molecule has 0 radical (unpaired) electrons. The number of nitrogens with one attached hydrogen (secondary N) is 1. The summed E-state index contributed by atoms with van der Waals surface area (Å²) >= 11 is 0. The van der Waals surface area contributed by atoms with Crippen LogP contribution in [0.15, 0.2) is 5.10 Å². The number of hydrazone groups is 1. The van der Waals surface area contributed by atoms with Crippen LogP contribution in [-0.4, -0.2) is 12.1 Å². The molecule has 0 aliphatic carbocycles. The van der Waals surface area contributed by atoms with Gasteiger partial charge in [0.25, 0.3) is 0 Å². The minimum absolute atomic E-state index is 0.338. The monoisotopic (exact) mass is 130 g/mol. The van der Waals surface area contributed by atoms with E-state index in [1.807, 2.05) is 5.53 Å². The van der Waals surface area contributed by atoms with E-state index in [2.05, 4.69) is 5.10 Å². The molecule has 0 bridgehead atoms. The highest BCUT2D eigenvalue weighted by molar-refractivity contribution is 5.81. The van der Waals surface area contributed by atoms with E-state index >= 15 is 0 Å². The highest BCUT2D eigenvalue weighted by Gasteiger charge is 1.88. The first kappa shape index (κ1) is 7.90. The molecular weight excluding hydrogens is 120 g/mol. The minimum atomic E-state index is 0.338. The second-order valence-electron chi connectivity index (χ2n) is 1.44. The minimum Gasteiger partial charge on any atom is -0.386 e. The van der Waals surface area contributed by atoms with Crippen LogP contribution >= 0.6 is 0 Å². The van der Waals surface area contributed by atoms with Gasteiger partial charge in [0, 0.05) is 12.8 Å². The Kier molecular flexibility index (Phi) is 4.43. The Bertz CT molecular complexity index is 111. The van der Waals surface area contributed by atoms with E-state index in [9.17, 15) is 4.79 Å². The Balaban J connectivity index is 3.36. The van der Waals surface area contributed by atoms with Crippen LogP contribution in [0.5, 0.6) is 0 Å². The predicted octanol–water partition coefficient (Wildman–Crippen LogP) is -1.30. The number of aldehydes is 1. The Labute approximate surface area is 53.1 Å². The highest BCUT2D eigenvalue weighted by atomic mass is 16.1. The van der Waals surface area contributed by atoms with Crippen LogP contribution < -0.4 is 17.1 Å². The summed E-state index contributed by atoms with van der Waals surface area (Å²) < 4.78 is 0. The van der Waals surface area contributed by atoms with Crippen molar-refractivity contribution in [2.24, 2.45) is 16.7 Å². The van der Waals surface area contributed by atoms with Gasteiger partial charge in [-0.15, -0.1) is 0 Å². The quantitative estimate of drug-likeness (QED) is 0.145. The summed E-state index contributed by atoms with van der Waals surface area (Å²) in [6, 6.07) is 0. The first-order valence-corrected chi connectivity index (χ1v) is 2.52. The van der Waals surface area contributed by atoms with E-state index in [1.165, 1.54) is 0 Å². The zero-order chi connectivity index (χ0) is 7.11. The maximum atomic E-state index is 9.75. The summed E-state index contributed by atoms with van der Waals surface area (Å²) in [6.45, 7) is 0. The van der Waals surface area contributed by atoms with Gasteiger partial charge in [-0.1, -0.05) is 0 Å². The third-order valence-electron chi connectivity index (χ3n) is 0.726. The van der Waals surface area contributed by atoms with Gasteiger partial charge in [-0.3, -0.25) is 0 Å². The normalized spacial score (nSPS) is 11.0. The van der Waals surface area contributed by atoms with Crippen LogP contribution in [0.1, 0.15) is 12.8 Å². The summed E-state index contributed by atoms with van der Waals surface area (Å²) in [5, 5.41) is 3.43. The number of carbonyl (C=O) groups is 1. The van der Waals surface area contributed by atoms with Crippen molar-refractivity contribution in [1.82, 2.24) is 5.53 Å². The van der Waals surface area contributed by atoms with Gasteiger partial charge in [-0.05, 0) is 0 Å². The molecule has 0 aromatic rings. The Hall–Kier alpha value is -1.10. The molecule has 5 N–H and O–H groups in total. The molecule has 0 aromatic carbocycles. The van der Waals surface area contributed by atoms with Gasteiger partial charge >= 0.3 is 0 Å². The first-order valence-electron chi connectivity index (χ1n) is 2.52. The Morgan fingerprint density at radius 2 is 2.44 bits per heavy atom. The third-order valence-corrected chi connectivity index (χ3v) is 0.726. The molecule has 52 valence electrons. The molecule has 0 aromatic heterocycles. The van der Waals surface area contributed by atoms with Gasteiger partial charge in [-0.25, -0.2) is 11.4 Å². The zero-order valence-electron chi connectivity index (χ0n) is 5.00. The lowest BCUT2D eigenvalue weighted by atomic mass is 10.3. The molecule has 0 rings (SSSR count). The fourth-order valence-electron chi connectivity index (χ4n) is 0.346. The molecule has 5 heteroatoms. The van der Waals surface area contributed by atoms with Gasteiger partial charge in [0.2, 0.25) is 0 Å². The molecule has 0 unspecified atom stereocenters. The molecule has 0 aliphatic rings. The maximum absolute atomic E-state index is 9.75. The van der Waals surface area contributed by atoms with Crippen molar-refractivity contribution in [3.8, 4) is 0 Å². The third kappa shape index (κ3) is 4.76. The molecule has 0 heterocycles. The summed E-state index contributed by atoms with van der Waals surface area (Å²) in [7, 11) is 0. The van der Waals surface area contributed by atoms with Crippen molar-refractivity contribution in [3.63, 3.8) is 0 Å². The number of hydrogen-bond donors (Lipinski definition) is 3. The van der Waals surface area contributed by atoms with Crippen LogP contribution in [0.3, 0.4) is 0 Å². The molecule has 0 amide bonds. The van der Waals surface area contributed by atoms with Crippen LogP contribution in [0.25, 0.3) is 0 Å². The van der Waals surface area contributed by atoms with Gasteiger partial charge < -0.3 is 10.5 Å². The number of carbonyl (C=O) groups excluding carboxylic acids is 1. The van der Waals surface area contributed by atoms with E-state index in [4.69, 9.17) is 11.6 Å². The number of hydrogen-bond acceptors (Lipinski definition) is 4. The Morgan fingerprint density at radius 3 is 2.89 bits per heavy atom. The van der Waals surface area contributed by atoms with Crippen molar-refractivity contribution in [2.75, 3.05) is 0 Å². The SMILES string of the molecule is NN/N=C(\N)CCC=O. The van der Waals surface area contributed by atoms with Gasteiger partial charge in [0.05, 0.1) is 0 Å². The molecule has 5 nitrogen and oxygen atoms in total. The van der Waals surface area contributed by atoms with Crippen molar-refractivity contribution in [1.29, 1.82) is 0 Å². The number of hydrazine groups is 1. The number of nitrogens with zero attached hydrogens (tertiary/aromatic N) is 1. The average Bonchev–Trinajstić information content (AvgIpc) is 1.85. The fraction of sp³-hybridized carbons (Fsp3) is 0.500. The molecule has 9 heavy (non-hydrogen) atoms. The standard InChI is InChI=1S/C4H10N4O/c5-4(7-8-6)2-1-3-9/h3,8H,1-2,6H2,(H2,5,7). The van der Waals surface area contributed by atoms with E-state index in [0.717, 1.165) is 6.29 Å². The van der Waals surface area contributed by atoms with Crippen molar-refractivity contribution in [3.05, 3.63) is 0 Å². The second-order valence-corrected chi connectivity index (χ2v) is 1.44. The van der Waals surface area contributed by atoms with Crippen molar-refractivity contribution in [2.45, 2.75) is 12.8 Å². The summed E-state index contributed by atoms with van der Waals surface area (Å²) in [4.78, 5) is 9.75. The van der Waals surface area contributed by atoms with Crippen LogP contribution in [0, 0.1) is 0 Å². The van der Waals surface area contributed by atoms with Gasteiger partial charge in [0.1, 0.15) is 12.1 Å². The van der Waals surface area contributed by atoms with Crippen LogP contribution in [0.2, 0.25) is 0 Å².